The minimum Gasteiger partial charge on any atom is -0.366 e. The van der Waals surface area contributed by atoms with E-state index in [4.69, 9.17) is 17.3 Å². The van der Waals surface area contributed by atoms with Gasteiger partial charge in [0.15, 0.2) is 0 Å². The zero-order valence-corrected chi connectivity index (χ0v) is 20.7. The molecule has 1 fully saturated rings. The van der Waals surface area contributed by atoms with Crippen LogP contribution in [0.3, 0.4) is 0 Å². The Bertz CT molecular complexity index is 1440. The molecule has 34 heavy (non-hydrogen) atoms. The molecule has 1 amide bonds. The van der Waals surface area contributed by atoms with E-state index in [1.54, 1.807) is 6.07 Å². The molecule has 1 aliphatic carbocycles. The molecule has 0 unspecified atom stereocenters. The number of nitrogens with zero attached hydrogens (tertiary/aromatic N) is 2. The molecule has 4 aromatic rings. The second-order valence-corrected chi connectivity index (χ2v) is 10.7. The number of halogens is 1. The van der Waals surface area contributed by atoms with Crippen LogP contribution in [0.2, 0.25) is 5.02 Å². The molecule has 1 aliphatic rings. The number of primary amides is 1. The van der Waals surface area contributed by atoms with Crippen molar-refractivity contribution in [3.05, 3.63) is 75.1 Å². The molecule has 0 radical (unpaired) electrons. The van der Waals surface area contributed by atoms with Crippen LogP contribution in [-0.4, -0.2) is 10.5 Å². The van der Waals surface area contributed by atoms with E-state index in [1.807, 2.05) is 25.1 Å². The number of hydrogen-bond acceptors (Lipinski definition) is 3. The van der Waals surface area contributed by atoms with Crippen molar-refractivity contribution in [3.8, 4) is 23.0 Å². The fraction of sp³-hybridized carbons (Fsp3) is 0.286. The zero-order chi connectivity index (χ0) is 23.8. The monoisotopic (exact) mass is 487 g/mol. The van der Waals surface area contributed by atoms with Gasteiger partial charge in [0, 0.05) is 16.8 Å². The summed E-state index contributed by atoms with van der Waals surface area (Å²) in [7, 11) is 0. The maximum absolute atomic E-state index is 11.7. The van der Waals surface area contributed by atoms with E-state index in [0.717, 1.165) is 50.1 Å². The first-order valence-electron chi connectivity index (χ1n) is 11.7. The third-order valence-electron chi connectivity index (χ3n) is 6.96. The molecular formula is C28H26ClN3OS. The zero-order valence-electron chi connectivity index (χ0n) is 19.1. The summed E-state index contributed by atoms with van der Waals surface area (Å²) in [6, 6.07) is 18.2. The van der Waals surface area contributed by atoms with E-state index in [2.05, 4.69) is 34.9 Å². The largest absolute Gasteiger partial charge is 0.366 e. The summed E-state index contributed by atoms with van der Waals surface area (Å²) in [5, 5.41) is 10.2. The van der Waals surface area contributed by atoms with Crippen LogP contribution in [0, 0.1) is 24.2 Å². The number of nitrogens with two attached hydrogens (primary N) is 1. The van der Waals surface area contributed by atoms with Crippen LogP contribution in [-0.2, 0) is 6.42 Å². The van der Waals surface area contributed by atoms with Crippen molar-refractivity contribution in [2.45, 2.75) is 45.4 Å². The lowest BCUT2D eigenvalue weighted by Crippen LogP contribution is -2.13. The molecule has 1 saturated carbocycles. The molecule has 6 heteroatoms. The third-order valence-corrected chi connectivity index (χ3v) is 8.25. The highest BCUT2D eigenvalue weighted by atomic mass is 35.5. The first-order valence-corrected chi connectivity index (χ1v) is 12.9. The molecule has 0 bridgehead atoms. The molecule has 2 N–H and O–H groups in total. The second kappa shape index (κ2) is 9.29. The summed E-state index contributed by atoms with van der Waals surface area (Å²) in [6.07, 6.45) is 7.73. The van der Waals surface area contributed by atoms with Crippen molar-refractivity contribution < 1.29 is 4.79 Å². The van der Waals surface area contributed by atoms with Gasteiger partial charge in [0.1, 0.15) is 10.9 Å². The minimum atomic E-state index is -0.444. The summed E-state index contributed by atoms with van der Waals surface area (Å²) in [5.41, 5.74) is 11.9. The van der Waals surface area contributed by atoms with Crippen molar-refractivity contribution in [2.24, 2.45) is 11.7 Å². The van der Waals surface area contributed by atoms with Gasteiger partial charge in [-0.1, -0.05) is 49.4 Å². The summed E-state index contributed by atoms with van der Waals surface area (Å²) < 4.78 is 3.13. The highest BCUT2D eigenvalue weighted by Crippen LogP contribution is 2.39. The topological polar surface area (TPSA) is 71.8 Å². The summed E-state index contributed by atoms with van der Waals surface area (Å²) in [5.74, 6) is 0.406. The van der Waals surface area contributed by atoms with Crippen molar-refractivity contribution in [1.82, 2.24) is 4.57 Å². The predicted octanol–water partition coefficient (Wildman–Crippen LogP) is 7.41. The summed E-state index contributed by atoms with van der Waals surface area (Å²) in [4.78, 5) is 12.4. The second-order valence-electron chi connectivity index (χ2n) is 9.20. The molecule has 2 aromatic heterocycles. The van der Waals surface area contributed by atoms with E-state index in [1.165, 1.54) is 49.0 Å². The summed E-state index contributed by atoms with van der Waals surface area (Å²) in [6.45, 7) is 1.88. The minimum absolute atomic E-state index is 0.444. The lowest BCUT2D eigenvalue weighted by Gasteiger charge is -2.15. The van der Waals surface area contributed by atoms with E-state index >= 15 is 0 Å². The Hall–Kier alpha value is -3.07. The molecule has 0 saturated heterocycles. The van der Waals surface area contributed by atoms with E-state index in [9.17, 15) is 10.1 Å². The van der Waals surface area contributed by atoms with Gasteiger partial charge in [0.2, 0.25) is 5.91 Å². The Morgan fingerprint density at radius 3 is 2.65 bits per heavy atom. The van der Waals surface area contributed by atoms with Gasteiger partial charge in [0.05, 0.1) is 20.9 Å². The Morgan fingerprint density at radius 2 is 1.97 bits per heavy atom. The molecule has 0 aliphatic heterocycles. The Kier molecular flexibility index (Phi) is 6.20. The molecule has 4 nitrogen and oxygen atoms in total. The number of thiophene rings is 1. The number of benzene rings is 2. The van der Waals surface area contributed by atoms with Crippen molar-refractivity contribution in [1.29, 1.82) is 5.26 Å². The van der Waals surface area contributed by atoms with Crippen LogP contribution in [0.25, 0.3) is 27.2 Å². The maximum Gasteiger partial charge on any atom is 0.248 e. The van der Waals surface area contributed by atoms with Gasteiger partial charge in [-0.05, 0) is 73.2 Å². The standard InChI is InChI=1S/C28H26ClN3OS/c1-17-12-20(9-11-22(17)28(31)33)32-25(15-27-26(32)14-21(16-30)34-27)23-10-8-19(13-24(23)29)7-6-18-4-2-3-5-18/h8-15,18H,2-7H2,1H3,(H2,31,33). The molecule has 172 valence electrons. The quantitative estimate of drug-likeness (QED) is 0.307. The van der Waals surface area contributed by atoms with Gasteiger partial charge >= 0.3 is 0 Å². The first kappa shape index (κ1) is 22.7. The highest BCUT2D eigenvalue weighted by molar-refractivity contribution is 7.19. The van der Waals surface area contributed by atoms with Crippen LogP contribution < -0.4 is 5.73 Å². The molecule has 5 rings (SSSR count). The number of fused-ring (bicyclic) bond motifs is 1. The van der Waals surface area contributed by atoms with Crippen molar-refractivity contribution in [2.75, 3.05) is 0 Å². The van der Waals surface area contributed by atoms with Crippen LogP contribution >= 0.6 is 22.9 Å². The van der Waals surface area contributed by atoms with Crippen LogP contribution in [0.15, 0.2) is 48.5 Å². The van der Waals surface area contributed by atoms with Gasteiger partial charge in [-0.3, -0.25) is 4.79 Å². The van der Waals surface area contributed by atoms with Gasteiger partial charge < -0.3 is 10.3 Å². The number of aryl methyl sites for hydroxylation is 2. The fourth-order valence-electron chi connectivity index (χ4n) is 5.18. The lowest BCUT2D eigenvalue weighted by molar-refractivity contribution is 0.0999. The van der Waals surface area contributed by atoms with Gasteiger partial charge in [-0.15, -0.1) is 11.3 Å². The van der Waals surface area contributed by atoms with Gasteiger partial charge in [0.25, 0.3) is 0 Å². The Morgan fingerprint density at radius 1 is 1.18 bits per heavy atom. The van der Waals surface area contributed by atoms with Crippen LogP contribution in [0.4, 0.5) is 0 Å². The smallest absolute Gasteiger partial charge is 0.248 e. The number of rotatable bonds is 6. The highest BCUT2D eigenvalue weighted by Gasteiger charge is 2.19. The summed E-state index contributed by atoms with van der Waals surface area (Å²) >= 11 is 8.31. The van der Waals surface area contributed by atoms with Crippen LogP contribution in [0.1, 0.15) is 58.5 Å². The molecule has 0 spiro atoms. The van der Waals surface area contributed by atoms with Gasteiger partial charge in [-0.2, -0.15) is 5.26 Å². The van der Waals surface area contributed by atoms with E-state index in [0.29, 0.717) is 10.4 Å². The molecular weight excluding hydrogens is 462 g/mol. The first-order chi connectivity index (χ1) is 16.4. The SMILES string of the molecule is Cc1cc(-n2c(-c3ccc(CCC4CCCC4)cc3Cl)cc3sc(C#N)cc32)ccc1C(N)=O. The molecule has 0 atom stereocenters. The van der Waals surface area contributed by atoms with Crippen molar-refractivity contribution >= 4 is 39.1 Å². The third kappa shape index (κ3) is 4.24. The van der Waals surface area contributed by atoms with Crippen LogP contribution in [0.5, 0.6) is 0 Å². The fourth-order valence-corrected chi connectivity index (χ4v) is 6.36. The number of carbonyl (C=O) groups excluding carboxylic acids is 1. The Labute approximate surface area is 208 Å². The number of amides is 1. The Balaban J connectivity index is 1.57. The van der Waals surface area contributed by atoms with E-state index in [-0.39, 0.29) is 0 Å². The number of nitriles is 1. The average molecular weight is 488 g/mol. The van der Waals surface area contributed by atoms with Gasteiger partial charge in [-0.25, -0.2) is 0 Å². The number of aromatic nitrogens is 1. The number of carbonyl (C=O) groups is 1. The average Bonchev–Trinajstić information content (AvgIpc) is 3.53. The number of hydrogen-bond donors (Lipinski definition) is 1. The van der Waals surface area contributed by atoms with Crippen molar-refractivity contribution in [3.63, 3.8) is 0 Å². The molecule has 2 heterocycles. The predicted molar refractivity (Wildman–Crippen MR) is 140 cm³/mol. The normalized spacial score (nSPS) is 14.0. The lowest BCUT2D eigenvalue weighted by atomic mass is 9.97. The maximum atomic E-state index is 11.7. The molecule has 2 aromatic carbocycles. The van der Waals surface area contributed by atoms with E-state index < -0.39 is 5.91 Å².